The monoisotopic (exact) mass is 236 g/mol. The average molecular weight is 237 g/mol. The van der Waals surface area contributed by atoms with Crippen molar-refractivity contribution in [3.63, 3.8) is 0 Å². The number of hydrogen-bond donors (Lipinski definition) is 0. The molecule has 0 rings (SSSR count). The van der Waals surface area contributed by atoms with E-state index in [1.165, 1.54) is 0 Å². The molecule has 0 N–H and O–H groups in total. The Bertz CT molecular complexity index is 191. The zero-order chi connectivity index (χ0) is 9.94. The summed E-state index contributed by atoms with van der Waals surface area (Å²) >= 11 is 3.09. The molecule has 0 aliphatic heterocycles. The molecule has 0 fully saturated rings. The highest BCUT2D eigenvalue weighted by molar-refractivity contribution is 9.10. The molecule has 0 spiro atoms. The van der Waals surface area contributed by atoms with Crippen LogP contribution in [-0.4, -0.2) is 16.3 Å². The molecular weight excluding hydrogens is 224 g/mol. The van der Waals surface area contributed by atoms with Crippen molar-refractivity contribution in [1.29, 1.82) is 0 Å². The molecule has 0 unspecified atom stereocenters. The van der Waals surface area contributed by atoms with Crippen molar-refractivity contribution in [2.75, 3.05) is 0 Å². The van der Waals surface area contributed by atoms with Gasteiger partial charge in [0.15, 0.2) is 0 Å². The summed E-state index contributed by atoms with van der Waals surface area (Å²) in [7, 11) is 0. The Labute approximate surface area is 80.6 Å². The van der Waals surface area contributed by atoms with E-state index in [1.54, 1.807) is 27.7 Å². The fraction of sp³-hybridized carbons (Fsp3) is 0.750. The third kappa shape index (κ3) is 3.85. The maximum absolute atomic E-state index is 11.1. The first-order valence-corrected chi connectivity index (χ1v) is 4.49. The summed E-state index contributed by atoms with van der Waals surface area (Å²) in [6.45, 7) is 6.61. The van der Waals surface area contributed by atoms with Crippen LogP contribution in [0, 0.1) is 5.92 Å². The molecule has 0 saturated carbocycles. The van der Waals surface area contributed by atoms with Crippen LogP contribution in [0.1, 0.15) is 27.7 Å². The smallest absolute Gasteiger partial charge is 0.329 e. The fourth-order valence-electron chi connectivity index (χ4n) is 0.331. The van der Waals surface area contributed by atoms with Crippen LogP contribution in [-0.2, 0) is 14.3 Å². The van der Waals surface area contributed by atoms with Gasteiger partial charge in [0.2, 0.25) is 0 Å². The normalized spacial score (nSPS) is 11.5. The Hall–Kier alpha value is -0.380. The van der Waals surface area contributed by atoms with Gasteiger partial charge in [0.05, 0.1) is 5.92 Å². The number of carbonyl (C=O) groups excluding carboxylic acids is 2. The lowest BCUT2D eigenvalue weighted by Gasteiger charge is -2.14. The highest BCUT2D eigenvalue weighted by Crippen LogP contribution is 2.18. The number of hydrogen-bond acceptors (Lipinski definition) is 3. The quantitative estimate of drug-likeness (QED) is 0.418. The first-order chi connectivity index (χ1) is 5.25. The second-order valence-corrected chi connectivity index (χ2v) is 5.32. The van der Waals surface area contributed by atoms with Gasteiger partial charge in [0.25, 0.3) is 0 Å². The predicted molar refractivity (Wildman–Crippen MR) is 48.9 cm³/mol. The van der Waals surface area contributed by atoms with Crippen LogP contribution in [0.15, 0.2) is 0 Å². The second-order valence-electron chi connectivity index (χ2n) is 3.34. The number of rotatable bonds is 2. The predicted octanol–water partition coefficient (Wildman–Crippen LogP) is 1.89. The number of ether oxygens (including phenoxy) is 1. The lowest BCUT2D eigenvalue weighted by molar-refractivity contribution is -0.163. The van der Waals surface area contributed by atoms with Crippen molar-refractivity contribution in [3.05, 3.63) is 0 Å². The molecular formula is C8H13BrO3. The fourth-order valence-corrected chi connectivity index (χ4v) is 0.411. The first-order valence-electron chi connectivity index (χ1n) is 3.70. The van der Waals surface area contributed by atoms with Crippen LogP contribution in [0.25, 0.3) is 0 Å². The van der Waals surface area contributed by atoms with Crippen LogP contribution in [0.2, 0.25) is 0 Å². The van der Waals surface area contributed by atoms with Gasteiger partial charge in [-0.25, -0.2) is 0 Å². The van der Waals surface area contributed by atoms with Gasteiger partial charge in [-0.05, 0) is 13.8 Å². The Morgan fingerprint density at radius 1 is 1.33 bits per heavy atom. The third-order valence-electron chi connectivity index (χ3n) is 1.15. The molecule has 0 radical (unpaired) electrons. The summed E-state index contributed by atoms with van der Waals surface area (Å²) in [5.74, 6) is -1.32. The van der Waals surface area contributed by atoms with E-state index in [9.17, 15) is 9.59 Å². The second kappa shape index (κ2) is 4.03. The summed E-state index contributed by atoms with van der Waals surface area (Å²) < 4.78 is 3.76. The summed E-state index contributed by atoms with van der Waals surface area (Å²) in [4.78, 5) is 22.0. The molecule has 0 amide bonds. The van der Waals surface area contributed by atoms with Crippen molar-refractivity contribution in [1.82, 2.24) is 0 Å². The van der Waals surface area contributed by atoms with E-state index in [-0.39, 0.29) is 5.92 Å². The van der Waals surface area contributed by atoms with Gasteiger partial charge in [0.1, 0.15) is 4.32 Å². The molecule has 3 nitrogen and oxygen atoms in total. The average Bonchev–Trinajstić information content (AvgIpc) is 1.85. The van der Waals surface area contributed by atoms with Crippen LogP contribution in [0.4, 0.5) is 0 Å². The SMILES string of the molecule is CC(C)C(=O)OC(=O)C(C)(C)Br. The van der Waals surface area contributed by atoms with E-state index in [1.807, 2.05) is 0 Å². The van der Waals surface area contributed by atoms with Gasteiger partial charge in [-0.15, -0.1) is 0 Å². The molecule has 0 aliphatic carbocycles. The van der Waals surface area contributed by atoms with E-state index in [4.69, 9.17) is 0 Å². The molecule has 4 heteroatoms. The minimum atomic E-state index is -0.794. The van der Waals surface area contributed by atoms with Crippen molar-refractivity contribution >= 4 is 27.9 Å². The van der Waals surface area contributed by atoms with Gasteiger partial charge in [0, 0.05) is 0 Å². The van der Waals surface area contributed by atoms with E-state index in [0.717, 1.165) is 0 Å². The molecule has 12 heavy (non-hydrogen) atoms. The minimum absolute atomic E-state index is 0.274. The number of alkyl halides is 1. The minimum Gasteiger partial charge on any atom is -0.392 e. The lowest BCUT2D eigenvalue weighted by atomic mass is 10.2. The molecule has 0 aromatic carbocycles. The van der Waals surface area contributed by atoms with Gasteiger partial charge < -0.3 is 4.74 Å². The van der Waals surface area contributed by atoms with Crippen molar-refractivity contribution in [2.45, 2.75) is 32.0 Å². The molecule has 0 atom stereocenters. The summed E-state index contributed by atoms with van der Waals surface area (Å²) in [6.07, 6.45) is 0. The zero-order valence-electron chi connectivity index (χ0n) is 7.68. The zero-order valence-corrected chi connectivity index (χ0v) is 9.27. The van der Waals surface area contributed by atoms with Gasteiger partial charge in [-0.2, -0.15) is 0 Å². The molecule has 0 saturated heterocycles. The molecule has 0 aromatic heterocycles. The maximum Gasteiger partial charge on any atom is 0.329 e. The van der Waals surface area contributed by atoms with E-state index < -0.39 is 16.3 Å². The van der Waals surface area contributed by atoms with Crippen LogP contribution < -0.4 is 0 Å². The van der Waals surface area contributed by atoms with Gasteiger partial charge in [-0.3, -0.25) is 9.59 Å². The Morgan fingerprint density at radius 2 is 1.75 bits per heavy atom. The Kier molecular flexibility index (Phi) is 3.90. The van der Waals surface area contributed by atoms with Crippen molar-refractivity contribution < 1.29 is 14.3 Å². The first kappa shape index (κ1) is 11.6. The summed E-state index contributed by atoms with van der Waals surface area (Å²) in [5.41, 5.74) is 0. The van der Waals surface area contributed by atoms with Crippen LogP contribution in [0.5, 0.6) is 0 Å². The molecule has 0 aliphatic rings. The Morgan fingerprint density at radius 3 is 2.00 bits per heavy atom. The summed E-state index contributed by atoms with van der Waals surface area (Å²) in [5, 5.41) is 0. The lowest BCUT2D eigenvalue weighted by Crippen LogP contribution is -2.30. The van der Waals surface area contributed by atoms with Crippen molar-refractivity contribution in [3.8, 4) is 0 Å². The van der Waals surface area contributed by atoms with Crippen LogP contribution >= 0.6 is 15.9 Å². The number of carbonyl (C=O) groups is 2. The molecule has 70 valence electrons. The highest BCUT2D eigenvalue weighted by Gasteiger charge is 2.28. The largest absolute Gasteiger partial charge is 0.392 e. The Balaban J connectivity index is 4.12. The van der Waals surface area contributed by atoms with E-state index in [2.05, 4.69) is 20.7 Å². The number of esters is 2. The van der Waals surface area contributed by atoms with Crippen molar-refractivity contribution in [2.24, 2.45) is 5.92 Å². The maximum atomic E-state index is 11.1. The third-order valence-corrected chi connectivity index (χ3v) is 1.47. The van der Waals surface area contributed by atoms with Gasteiger partial charge >= 0.3 is 11.9 Å². The highest BCUT2D eigenvalue weighted by atomic mass is 79.9. The van der Waals surface area contributed by atoms with E-state index in [0.29, 0.717) is 0 Å². The standard InChI is InChI=1S/C8H13BrO3/c1-5(2)6(10)12-7(11)8(3,4)9/h5H,1-4H3. The summed E-state index contributed by atoms with van der Waals surface area (Å²) in [6, 6.07) is 0. The molecule has 0 bridgehead atoms. The van der Waals surface area contributed by atoms with E-state index >= 15 is 0 Å². The topological polar surface area (TPSA) is 43.4 Å². The molecule has 0 heterocycles. The van der Waals surface area contributed by atoms with Crippen LogP contribution in [0.3, 0.4) is 0 Å². The van der Waals surface area contributed by atoms with Gasteiger partial charge in [-0.1, -0.05) is 29.8 Å². The molecule has 0 aromatic rings. The number of halogens is 1.